The topological polar surface area (TPSA) is 49.8 Å². The third kappa shape index (κ3) is 5.69. The molecule has 31 heavy (non-hydrogen) atoms. The van der Waals surface area contributed by atoms with Crippen LogP contribution < -0.4 is 4.74 Å². The van der Waals surface area contributed by atoms with Gasteiger partial charge in [0, 0.05) is 19.6 Å². The fraction of sp³-hybridized carbons (Fsp3) is 0.423. The Morgan fingerprint density at radius 2 is 1.90 bits per heavy atom. The van der Waals surface area contributed by atoms with E-state index >= 15 is 0 Å². The fourth-order valence-electron chi connectivity index (χ4n) is 4.51. The maximum Gasteiger partial charge on any atom is 0.309 e. The van der Waals surface area contributed by atoms with Crippen molar-refractivity contribution in [3.8, 4) is 5.75 Å². The second kappa shape index (κ2) is 10.3. The van der Waals surface area contributed by atoms with Gasteiger partial charge in [-0.25, -0.2) is 0 Å². The van der Waals surface area contributed by atoms with Gasteiger partial charge >= 0.3 is 5.97 Å². The van der Waals surface area contributed by atoms with Gasteiger partial charge < -0.3 is 9.84 Å². The number of hydrogen-bond donors (Lipinski definition) is 1. The molecule has 2 aromatic carbocycles. The molecule has 2 aromatic rings. The van der Waals surface area contributed by atoms with Gasteiger partial charge in [-0.3, -0.25) is 9.69 Å². The summed E-state index contributed by atoms with van der Waals surface area (Å²) in [4.78, 5) is 13.3. The molecule has 1 aliphatic carbocycles. The summed E-state index contributed by atoms with van der Waals surface area (Å²) in [6, 6.07) is 17.0. The highest BCUT2D eigenvalue weighted by Crippen LogP contribution is 2.34. The molecular weight excluding hydrogens is 410 g/mol. The average Bonchev–Trinajstić information content (AvgIpc) is 2.71. The second-order valence-electron chi connectivity index (χ2n) is 8.73. The Labute approximate surface area is 191 Å². The molecule has 166 valence electrons. The number of fused-ring (bicyclic) bond motifs is 1. The van der Waals surface area contributed by atoms with Crippen molar-refractivity contribution >= 4 is 23.9 Å². The molecule has 1 N–H and O–H groups in total. The van der Waals surface area contributed by atoms with Crippen molar-refractivity contribution < 1.29 is 14.6 Å². The molecule has 0 saturated carbocycles. The zero-order valence-electron chi connectivity index (χ0n) is 18.3. The number of likely N-dealkylation sites (tertiary alicyclic amines) is 1. The quantitative estimate of drug-likeness (QED) is 0.608. The first-order valence-corrected chi connectivity index (χ1v) is 11.0. The molecule has 0 spiro atoms. The molecular formula is C26H32ClNO3. The number of carboxylic acid groups (broad SMARTS) is 1. The molecule has 0 radical (unpaired) electrons. The van der Waals surface area contributed by atoms with Crippen LogP contribution in [0.25, 0.3) is 5.57 Å². The smallest absolute Gasteiger partial charge is 0.309 e. The van der Waals surface area contributed by atoms with E-state index in [1.807, 2.05) is 0 Å². The van der Waals surface area contributed by atoms with Crippen molar-refractivity contribution in [1.82, 2.24) is 4.90 Å². The molecule has 1 heterocycles. The molecule has 1 atom stereocenters. The van der Waals surface area contributed by atoms with Crippen LogP contribution >= 0.6 is 12.4 Å². The fourth-order valence-corrected chi connectivity index (χ4v) is 4.51. The van der Waals surface area contributed by atoms with Gasteiger partial charge in [-0.1, -0.05) is 42.0 Å². The SMILES string of the molecule is CC1=C(CN2CC(C(=O)O)C2)CCc2cc(OC(C)CCc3ccccc3)ccc21.Cl. The third-order valence-corrected chi connectivity index (χ3v) is 6.45. The maximum atomic E-state index is 11.0. The van der Waals surface area contributed by atoms with E-state index in [1.165, 1.54) is 27.8 Å². The number of rotatable bonds is 8. The molecule has 0 aromatic heterocycles. The van der Waals surface area contributed by atoms with Crippen LogP contribution in [0.15, 0.2) is 54.1 Å². The first-order chi connectivity index (χ1) is 14.5. The minimum absolute atomic E-state index is 0. The molecule has 4 nitrogen and oxygen atoms in total. The molecule has 5 heteroatoms. The van der Waals surface area contributed by atoms with Gasteiger partial charge in [0.05, 0.1) is 12.0 Å². The summed E-state index contributed by atoms with van der Waals surface area (Å²) in [6.07, 6.45) is 4.26. The number of aliphatic carboxylic acids is 1. The lowest BCUT2D eigenvalue weighted by Crippen LogP contribution is -2.50. The van der Waals surface area contributed by atoms with Crippen molar-refractivity contribution in [2.45, 2.75) is 45.6 Å². The van der Waals surface area contributed by atoms with Gasteiger partial charge in [-0.2, -0.15) is 0 Å². The van der Waals surface area contributed by atoms with Crippen molar-refractivity contribution in [3.05, 3.63) is 70.8 Å². The van der Waals surface area contributed by atoms with E-state index in [4.69, 9.17) is 9.84 Å². The number of benzene rings is 2. The summed E-state index contributed by atoms with van der Waals surface area (Å²) in [5, 5.41) is 9.07. The lowest BCUT2D eigenvalue weighted by atomic mass is 9.85. The Morgan fingerprint density at radius 3 is 2.61 bits per heavy atom. The van der Waals surface area contributed by atoms with Crippen molar-refractivity contribution in [1.29, 1.82) is 0 Å². The number of allylic oxidation sites excluding steroid dienone is 1. The number of ether oxygens (including phenoxy) is 1. The van der Waals surface area contributed by atoms with Gasteiger partial charge in [0.25, 0.3) is 0 Å². The van der Waals surface area contributed by atoms with E-state index in [9.17, 15) is 4.79 Å². The van der Waals surface area contributed by atoms with Crippen LogP contribution in [0.2, 0.25) is 0 Å². The normalized spacial score (nSPS) is 17.4. The summed E-state index contributed by atoms with van der Waals surface area (Å²) in [5.74, 6) is 0.0967. The van der Waals surface area contributed by atoms with Crippen LogP contribution in [-0.2, 0) is 17.6 Å². The number of halogens is 1. The summed E-state index contributed by atoms with van der Waals surface area (Å²) in [7, 11) is 0. The van der Waals surface area contributed by atoms with E-state index in [2.05, 4.69) is 67.3 Å². The third-order valence-electron chi connectivity index (χ3n) is 6.45. The second-order valence-corrected chi connectivity index (χ2v) is 8.73. The van der Waals surface area contributed by atoms with Crippen molar-refractivity contribution in [3.63, 3.8) is 0 Å². The lowest BCUT2D eigenvalue weighted by Gasteiger charge is -2.38. The van der Waals surface area contributed by atoms with Gasteiger partial charge in [0.1, 0.15) is 5.75 Å². The predicted octanol–water partition coefficient (Wildman–Crippen LogP) is 5.24. The number of hydrogen-bond acceptors (Lipinski definition) is 3. The lowest BCUT2D eigenvalue weighted by molar-refractivity contribution is -0.147. The van der Waals surface area contributed by atoms with Crippen molar-refractivity contribution in [2.75, 3.05) is 19.6 Å². The standard InChI is InChI=1S/C26H31NO3.ClH/c1-18(8-9-20-6-4-3-5-7-20)30-24-12-13-25-19(2)22(11-10-21(25)14-24)15-27-16-23(17-27)26(28)29;/h3-7,12-14,18,23H,8-11,15-17H2,1-2H3,(H,28,29);1H. The first-order valence-electron chi connectivity index (χ1n) is 11.0. The summed E-state index contributed by atoms with van der Waals surface area (Å²) < 4.78 is 6.21. The number of carbonyl (C=O) groups is 1. The number of aryl methyl sites for hydroxylation is 2. The van der Waals surface area contributed by atoms with Gasteiger partial charge in [0.15, 0.2) is 0 Å². The van der Waals surface area contributed by atoms with Crippen LogP contribution in [0.3, 0.4) is 0 Å². The van der Waals surface area contributed by atoms with Crippen LogP contribution in [0.4, 0.5) is 0 Å². The highest BCUT2D eigenvalue weighted by molar-refractivity contribution is 5.85. The maximum absolute atomic E-state index is 11.0. The monoisotopic (exact) mass is 441 g/mol. The Bertz CT molecular complexity index is 935. The summed E-state index contributed by atoms with van der Waals surface area (Å²) in [6.45, 7) is 6.58. The van der Waals surface area contributed by atoms with E-state index in [0.717, 1.165) is 38.0 Å². The van der Waals surface area contributed by atoms with Gasteiger partial charge in [-0.15, -0.1) is 12.4 Å². The predicted molar refractivity (Wildman–Crippen MR) is 127 cm³/mol. The Hall–Kier alpha value is -2.30. The summed E-state index contributed by atoms with van der Waals surface area (Å²) in [5.41, 5.74) is 6.81. The first kappa shape index (κ1) is 23.4. The molecule has 0 amide bonds. The molecule has 1 unspecified atom stereocenters. The average molecular weight is 442 g/mol. The molecule has 4 rings (SSSR count). The van der Waals surface area contributed by atoms with E-state index < -0.39 is 5.97 Å². The molecule has 1 saturated heterocycles. The van der Waals surface area contributed by atoms with Crippen LogP contribution in [0.1, 0.15) is 43.4 Å². The molecule has 2 aliphatic rings. The minimum Gasteiger partial charge on any atom is -0.491 e. The zero-order valence-corrected chi connectivity index (χ0v) is 19.2. The Kier molecular flexibility index (Phi) is 7.79. The minimum atomic E-state index is -0.670. The van der Waals surface area contributed by atoms with Crippen LogP contribution in [-0.4, -0.2) is 41.7 Å². The summed E-state index contributed by atoms with van der Waals surface area (Å²) >= 11 is 0. The Morgan fingerprint density at radius 1 is 1.16 bits per heavy atom. The molecule has 1 aliphatic heterocycles. The van der Waals surface area contributed by atoms with Crippen LogP contribution in [0, 0.1) is 5.92 Å². The number of nitrogens with zero attached hydrogens (tertiary/aromatic N) is 1. The highest BCUT2D eigenvalue weighted by Gasteiger charge is 2.33. The van der Waals surface area contributed by atoms with Crippen molar-refractivity contribution in [2.24, 2.45) is 5.92 Å². The van der Waals surface area contributed by atoms with E-state index in [0.29, 0.717) is 13.1 Å². The highest BCUT2D eigenvalue weighted by atomic mass is 35.5. The van der Waals surface area contributed by atoms with Crippen LogP contribution in [0.5, 0.6) is 5.75 Å². The zero-order chi connectivity index (χ0) is 21.1. The van der Waals surface area contributed by atoms with Gasteiger partial charge in [0.2, 0.25) is 0 Å². The van der Waals surface area contributed by atoms with E-state index in [-0.39, 0.29) is 24.4 Å². The molecule has 0 bridgehead atoms. The largest absolute Gasteiger partial charge is 0.491 e. The number of carboxylic acids is 1. The van der Waals surface area contributed by atoms with Gasteiger partial charge in [-0.05, 0) is 73.9 Å². The molecule has 1 fully saturated rings. The Balaban J connectivity index is 0.00000272. The van der Waals surface area contributed by atoms with E-state index in [1.54, 1.807) is 0 Å².